The minimum atomic E-state index is -0.268. The molecule has 1 saturated heterocycles. The van der Waals surface area contributed by atoms with Gasteiger partial charge in [-0.1, -0.05) is 0 Å². The van der Waals surface area contributed by atoms with Gasteiger partial charge in [-0.15, -0.1) is 0 Å². The fourth-order valence-corrected chi connectivity index (χ4v) is 2.41. The smallest absolute Gasteiger partial charge is 0.254 e. The highest BCUT2D eigenvalue weighted by Gasteiger charge is 2.25. The maximum Gasteiger partial charge on any atom is 0.254 e. The molecule has 7 heteroatoms. The lowest BCUT2D eigenvalue weighted by atomic mass is 10.1. The van der Waals surface area contributed by atoms with Gasteiger partial charge >= 0.3 is 0 Å². The molecule has 1 aromatic carbocycles. The van der Waals surface area contributed by atoms with Gasteiger partial charge in [-0.3, -0.25) is 9.59 Å². The first-order chi connectivity index (χ1) is 10.5. The molecule has 7 nitrogen and oxygen atoms in total. The van der Waals surface area contributed by atoms with Crippen molar-refractivity contribution in [1.82, 2.24) is 9.80 Å². The molecule has 0 spiro atoms. The van der Waals surface area contributed by atoms with E-state index >= 15 is 0 Å². The minimum Gasteiger partial charge on any atom is -0.508 e. The van der Waals surface area contributed by atoms with Crippen molar-refractivity contribution in [3.63, 3.8) is 0 Å². The summed E-state index contributed by atoms with van der Waals surface area (Å²) in [7, 11) is 1.55. The minimum absolute atomic E-state index is 0.0175. The maximum absolute atomic E-state index is 12.3. The van der Waals surface area contributed by atoms with E-state index in [2.05, 4.69) is 0 Å². The number of carbonyl (C=O) groups excluding carboxylic acids is 2. The van der Waals surface area contributed by atoms with E-state index < -0.39 is 0 Å². The lowest BCUT2D eigenvalue weighted by molar-refractivity contribution is -0.133. The van der Waals surface area contributed by atoms with Gasteiger partial charge in [0.05, 0.1) is 13.0 Å². The summed E-state index contributed by atoms with van der Waals surface area (Å²) in [4.78, 5) is 27.5. The number of ether oxygens (including phenoxy) is 1. The Morgan fingerprint density at radius 3 is 2.14 bits per heavy atom. The number of piperazine rings is 1. The highest BCUT2D eigenvalue weighted by molar-refractivity contribution is 5.95. The quantitative estimate of drug-likeness (QED) is 0.841. The largest absolute Gasteiger partial charge is 0.508 e. The predicted molar refractivity (Wildman–Crippen MR) is 78.7 cm³/mol. The van der Waals surface area contributed by atoms with Crippen LogP contribution in [0, 0.1) is 0 Å². The molecule has 1 aromatic rings. The van der Waals surface area contributed by atoms with E-state index in [-0.39, 0.29) is 28.9 Å². The number of hydrogen-bond donors (Lipinski definition) is 2. The third-order valence-corrected chi connectivity index (χ3v) is 3.59. The molecule has 2 amide bonds. The number of phenols is 2. The van der Waals surface area contributed by atoms with Gasteiger partial charge in [0, 0.05) is 44.9 Å². The zero-order valence-electron chi connectivity index (χ0n) is 12.5. The van der Waals surface area contributed by atoms with Crippen molar-refractivity contribution in [2.45, 2.75) is 6.42 Å². The van der Waals surface area contributed by atoms with Crippen LogP contribution in [0.4, 0.5) is 0 Å². The lowest BCUT2D eigenvalue weighted by Crippen LogP contribution is -2.50. The zero-order chi connectivity index (χ0) is 16.1. The van der Waals surface area contributed by atoms with E-state index in [1.165, 1.54) is 18.2 Å². The monoisotopic (exact) mass is 308 g/mol. The third kappa shape index (κ3) is 3.88. The standard InChI is InChI=1S/C15H20N2O5/c1-22-7-2-14(20)16-3-5-17(6-4-16)15(21)11-8-12(18)10-13(19)9-11/h8-10,18-19H,2-7H2,1H3. The Labute approximate surface area is 128 Å². The van der Waals surface area contributed by atoms with Gasteiger partial charge in [-0.25, -0.2) is 0 Å². The van der Waals surface area contributed by atoms with Gasteiger partial charge in [0.2, 0.25) is 5.91 Å². The molecule has 0 aromatic heterocycles. The summed E-state index contributed by atoms with van der Waals surface area (Å²) in [6.45, 7) is 2.18. The second-order valence-electron chi connectivity index (χ2n) is 5.15. The number of carbonyl (C=O) groups is 2. The van der Waals surface area contributed by atoms with E-state index in [0.29, 0.717) is 39.2 Å². The van der Waals surface area contributed by atoms with E-state index in [4.69, 9.17) is 4.74 Å². The van der Waals surface area contributed by atoms with Crippen LogP contribution in [-0.4, -0.2) is 71.7 Å². The lowest BCUT2D eigenvalue weighted by Gasteiger charge is -2.34. The molecule has 0 aliphatic carbocycles. The van der Waals surface area contributed by atoms with Crippen LogP contribution in [0.5, 0.6) is 11.5 Å². The highest BCUT2D eigenvalue weighted by atomic mass is 16.5. The summed E-state index contributed by atoms with van der Waals surface area (Å²) in [5.74, 6) is -0.562. The van der Waals surface area contributed by atoms with Crippen LogP contribution >= 0.6 is 0 Å². The first-order valence-corrected chi connectivity index (χ1v) is 7.10. The Morgan fingerprint density at radius 2 is 1.59 bits per heavy atom. The van der Waals surface area contributed by atoms with Crippen molar-refractivity contribution >= 4 is 11.8 Å². The molecule has 1 heterocycles. The summed E-state index contributed by atoms with van der Waals surface area (Å²) in [6.07, 6.45) is 0.338. The van der Waals surface area contributed by atoms with Gasteiger partial charge in [0.1, 0.15) is 11.5 Å². The van der Waals surface area contributed by atoms with Crippen LogP contribution < -0.4 is 0 Å². The second kappa shape index (κ2) is 7.13. The molecule has 2 rings (SSSR count). The number of amides is 2. The van der Waals surface area contributed by atoms with Gasteiger partial charge < -0.3 is 24.7 Å². The van der Waals surface area contributed by atoms with Crippen LogP contribution in [-0.2, 0) is 9.53 Å². The van der Waals surface area contributed by atoms with Crippen molar-refractivity contribution in [2.75, 3.05) is 39.9 Å². The van der Waals surface area contributed by atoms with Crippen LogP contribution in [0.2, 0.25) is 0 Å². The molecule has 0 atom stereocenters. The van der Waals surface area contributed by atoms with E-state index in [9.17, 15) is 19.8 Å². The van der Waals surface area contributed by atoms with E-state index in [0.717, 1.165) is 0 Å². The highest BCUT2D eigenvalue weighted by Crippen LogP contribution is 2.22. The summed E-state index contributed by atoms with van der Waals surface area (Å²) >= 11 is 0. The Hall–Kier alpha value is -2.28. The Kier molecular flexibility index (Phi) is 5.21. The number of hydrogen-bond acceptors (Lipinski definition) is 5. The Balaban J connectivity index is 1.93. The molecule has 1 aliphatic heterocycles. The number of aromatic hydroxyl groups is 2. The number of phenolic OH excluding ortho intramolecular Hbond substituents is 2. The average molecular weight is 308 g/mol. The van der Waals surface area contributed by atoms with Gasteiger partial charge in [-0.05, 0) is 12.1 Å². The number of benzene rings is 1. The molecule has 22 heavy (non-hydrogen) atoms. The van der Waals surface area contributed by atoms with Crippen LogP contribution in [0.1, 0.15) is 16.8 Å². The summed E-state index contributed by atoms with van der Waals surface area (Å²) in [5.41, 5.74) is 0.233. The molecule has 1 fully saturated rings. The Morgan fingerprint density at radius 1 is 1.05 bits per heavy atom. The molecule has 0 bridgehead atoms. The average Bonchev–Trinajstić information content (AvgIpc) is 2.51. The molecule has 2 N–H and O–H groups in total. The van der Waals surface area contributed by atoms with Crippen LogP contribution in [0.15, 0.2) is 18.2 Å². The predicted octanol–water partition coefficient (Wildman–Crippen LogP) is 0.419. The molecule has 0 saturated carbocycles. The van der Waals surface area contributed by atoms with Crippen molar-refractivity contribution < 1.29 is 24.5 Å². The number of methoxy groups -OCH3 is 1. The second-order valence-corrected chi connectivity index (χ2v) is 5.15. The van der Waals surface area contributed by atoms with Gasteiger partial charge in [0.15, 0.2) is 0 Å². The fraction of sp³-hybridized carbons (Fsp3) is 0.467. The van der Waals surface area contributed by atoms with Crippen molar-refractivity contribution in [1.29, 1.82) is 0 Å². The molecular weight excluding hydrogens is 288 g/mol. The van der Waals surface area contributed by atoms with E-state index in [1.54, 1.807) is 16.9 Å². The van der Waals surface area contributed by atoms with Crippen LogP contribution in [0.3, 0.4) is 0 Å². The van der Waals surface area contributed by atoms with Gasteiger partial charge in [0.25, 0.3) is 5.91 Å². The maximum atomic E-state index is 12.3. The first kappa shape index (κ1) is 16.1. The third-order valence-electron chi connectivity index (χ3n) is 3.59. The SMILES string of the molecule is COCCC(=O)N1CCN(C(=O)c2cc(O)cc(O)c2)CC1. The van der Waals surface area contributed by atoms with E-state index in [1.807, 2.05) is 0 Å². The van der Waals surface area contributed by atoms with Crippen molar-refractivity contribution in [3.8, 4) is 11.5 Å². The normalized spacial score (nSPS) is 15.0. The summed E-state index contributed by atoms with van der Waals surface area (Å²) < 4.78 is 4.88. The molecular formula is C15H20N2O5. The fourth-order valence-electron chi connectivity index (χ4n) is 2.41. The van der Waals surface area contributed by atoms with Crippen molar-refractivity contribution in [3.05, 3.63) is 23.8 Å². The Bertz CT molecular complexity index is 533. The van der Waals surface area contributed by atoms with Gasteiger partial charge in [-0.2, -0.15) is 0 Å². The molecule has 0 radical (unpaired) electrons. The summed E-state index contributed by atoms with van der Waals surface area (Å²) in [5, 5.41) is 18.9. The van der Waals surface area contributed by atoms with Crippen molar-refractivity contribution in [2.24, 2.45) is 0 Å². The number of nitrogens with zero attached hydrogens (tertiary/aromatic N) is 2. The topological polar surface area (TPSA) is 90.3 Å². The molecule has 1 aliphatic rings. The molecule has 0 unspecified atom stereocenters. The number of rotatable bonds is 4. The summed E-state index contributed by atoms with van der Waals surface area (Å²) in [6, 6.07) is 3.81. The zero-order valence-corrected chi connectivity index (χ0v) is 12.5. The molecule has 120 valence electrons. The van der Waals surface area contributed by atoms with Crippen LogP contribution in [0.25, 0.3) is 0 Å². The first-order valence-electron chi connectivity index (χ1n) is 7.10.